The van der Waals surface area contributed by atoms with Crippen LogP contribution < -0.4 is 5.56 Å². The maximum absolute atomic E-state index is 12.0. The molecule has 0 spiro atoms. The van der Waals surface area contributed by atoms with Gasteiger partial charge in [0.2, 0.25) is 0 Å². The molecule has 0 unspecified atom stereocenters. The predicted molar refractivity (Wildman–Crippen MR) is 63.5 cm³/mol. The monoisotopic (exact) mass is 213 g/mol. The lowest BCUT2D eigenvalue weighted by molar-refractivity contribution is 0.622. The molecule has 0 fully saturated rings. The number of benzene rings is 1. The number of fused-ring (bicyclic) bond motifs is 3. The summed E-state index contributed by atoms with van der Waals surface area (Å²) in [5.74, 6) is 0. The second kappa shape index (κ2) is 3.20. The molecule has 0 bridgehead atoms. The first-order valence-electron chi connectivity index (χ1n) is 5.28. The van der Waals surface area contributed by atoms with Gasteiger partial charge in [-0.15, -0.1) is 0 Å². The molecule has 1 N–H and O–H groups in total. The Kier molecular flexibility index (Phi) is 1.83. The van der Waals surface area contributed by atoms with Gasteiger partial charge >= 0.3 is 0 Å². The van der Waals surface area contributed by atoms with Crippen molar-refractivity contribution in [3.63, 3.8) is 0 Å². The van der Waals surface area contributed by atoms with Gasteiger partial charge in [0.25, 0.3) is 5.56 Å². The number of nitrogens with one attached hydrogen (secondary N) is 1. The summed E-state index contributed by atoms with van der Waals surface area (Å²) in [6.45, 7) is 2.49. The Labute approximate surface area is 91.5 Å². The molecule has 0 aliphatic rings. The number of H-pyrrole nitrogens is 1. The smallest absolute Gasteiger partial charge is 0.291 e. The Morgan fingerprint density at radius 1 is 1.31 bits per heavy atom. The standard InChI is InChI=1S/C12H11N3O/c1-2-15-12(16)11-9(7-13-15)8-5-3-4-6-10(8)14-11/h3-7,14H,2H2,1H3. The Bertz CT molecular complexity index is 724. The molecular formula is C12H11N3O. The van der Waals surface area contributed by atoms with Crippen LogP contribution in [0.15, 0.2) is 35.3 Å². The van der Waals surface area contributed by atoms with Crippen LogP contribution in [0, 0.1) is 0 Å². The van der Waals surface area contributed by atoms with Gasteiger partial charge in [0, 0.05) is 22.8 Å². The van der Waals surface area contributed by atoms with Gasteiger partial charge in [-0.3, -0.25) is 4.79 Å². The van der Waals surface area contributed by atoms with Crippen molar-refractivity contribution in [1.29, 1.82) is 0 Å². The van der Waals surface area contributed by atoms with E-state index in [-0.39, 0.29) is 5.56 Å². The topological polar surface area (TPSA) is 50.7 Å². The van der Waals surface area contributed by atoms with Crippen molar-refractivity contribution in [2.45, 2.75) is 13.5 Å². The van der Waals surface area contributed by atoms with Crippen LogP contribution in [0.2, 0.25) is 0 Å². The lowest BCUT2D eigenvalue weighted by Gasteiger charge is -1.98. The van der Waals surface area contributed by atoms with Gasteiger partial charge in [-0.05, 0) is 13.0 Å². The van der Waals surface area contributed by atoms with Gasteiger partial charge in [-0.1, -0.05) is 18.2 Å². The molecule has 80 valence electrons. The summed E-state index contributed by atoms with van der Waals surface area (Å²) < 4.78 is 1.46. The van der Waals surface area contributed by atoms with E-state index in [0.717, 1.165) is 16.3 Å². The van der Waals surface area contributed by atoms with Gasteiger partial charge in [0.15, 0.2) is 0 Å². The van der Waals surface area contributed by atoms with Crippen LogP contribution in [0.4, 0.5) is 0 Å². The first-order chi connectivity index (χ1) is 7.81. The van der Waals surface area contributed by atoms with Gasteiger partial charge < -0.3 is 4.98 Å². The zero-order valence-electron chi connectivity index (χ0n) is 8.90. The Balaban J connectivity index is 2.55. The number of aryl methyl sites for hydroxylation is 1. The van der Waals surface area contributed by atoms with Gasteiger partial charge in [-0.25, -0.2) is 4.68 Å². The van der Waals surface area contributed by atoms with Crippen LogP contribution in [0.5, 0.6) is 0 Å². The van der Waals surface area contributed by atoms with Crippen molar-refractivity contribution in [3.8, 4) is 0 Å². The van der Waals surface area contributed by atoms with E-state index in [1.165, 1.54) is 4.68 Å². The molecule has 2 aromatic heterocycles. The fraction of sp³-hybridized carbons (Fsp3) is 0.167. The molecule has 4 nitrogen and oxygen atoms in total. The van der Waals surface area contributed by atoms with Gasteiger partial charge in [0.1, 0.15) is 5.52 Å². The molecule has 16 heavy (non-hydrogen) atoms. The number of aromatic amines is 1. The van der Waals surface area contributed by atoms with Crippen molar-refractivity contribution >= 4 is 21.8 Å². The quantitative estimate of drug-likeness (QED) is 0.671. The zero-order chi connectivity index (χ0) is 11.1. The van der Waals surface area contributed by atoms with Crippen LogP contribution >= 0.6 is 0 Å². The Morgan fingerprint density at radius 2 is 2.12 bits per heavy atom. The lowest BCUT2D eigenvalue weighted by atomic mass is 10.2. The van der Waals surface area contributed by atoms with Gasteiger partial charge in [-0.2, -0.15) is 5.10 Å². The van der Waals surface area contributed by atoms with E-state index < -0.39 is 0 Å². The lowest BCUT2D eigenvalue weighted by Crippen LogP contribution is -2.21. The first-order valence-corrected chi connectivity index (χ1v) is 5.28. The van der Waals surface area contributed by atoms with E-state index >= 15 is 0 Å². The van der Waals surface area contributed by atoms with E-state index in [1.54, 1.807) is 6.20 Å². The molecule has 3 aromatic rings. The number of hydrogen-bond donors (Lipinski definition) is 1. The van der Waals surface area contributed by atoms with Gasteiger partial charge in [0.05, 0.1) is 6.20 Å². The van der Waals surface area contributed by atoms with Crippen LogP contribution in [0.3, 0.4) is 0 Å². The summed E-state index contributed by atoms with van der Waals surface area (Å²) >= 11 is 0. The van der Waals surface area contributed by atoms with E-state index in [1.807, 2.05) is 31.2 Å². The third-order valence-electron chi connectivity index (χ3n) is 2.82. The molecule has 1 aromatic carbocycles. The normalized spacial score (nSPS) is 11.3. The third-order valence-corrected chi connectivity index (χ3v) is 2.82. The number of nitrogens with zero attached hydrogens (tertiary/aromatic N) is 2. The molecule has 0 radical (unpaired) electrons. The summed E-state index contributed by atoms with van der Waals surface area (Å²) in [7, 11) is 0. The summed E-state index contributed by atoms with van der Waals surface area (Å²) in [6.07, 6.45) is 1.75. The van der Waals surface area contributed by atoms with Crippen molar-refractivity contribution in [2.75, 3.05) is 0 Å². The van der Waals surface area contributed by atoms with Crippen molar-refractivity contribution < 1.29 is 0 Å². The third kappa shape index (κ3) is 1.10. The molecule has 0 saturated heterocycles. The summed E-state index contributed by atoms with van der Waals surface area (Å²) in [5, 5.41) is 6.07. The summed E-state index contributed by atoms with van der Waals surface area (Å²) in [4.78, 5) is 15.1. The molecule has 3 rings (SSSR count). The minimum absolute atomic E-state index is 0.0591. The van der Waals surface area contributed by atoms with Crippen molar-refractivity contribution in [2.24, 2.45) is 0 Å². The molecule has 0 aliphatic carbocycles. The average Bonchev–Trinajstić information content (AvgIpc) is 2.69. The fourth-order valence-electron chi connectivity index (χ4n) is 2.00. The average molecular weight is 213 g/mol. The zero-order valence-corrected chi connectivity index (χ0v) is 8.90. The molecule has 0 aliphatic heterocycles. The number of hydrogen-bond acceptors (Lipinski definition) is 2. The number of rotatable bonds is 1. The Morgan fingerprint density at radius 3 is 2.94 bits per heavy atom. The summed E-state index contributed by atoms with van der Waals surface area (Å²) in [6, 6.07) is 7.86. The highest BCUT2D eigenvalue weighted by Crippen LogP contribution is 2.21. The second-order valence-electron chi connectivity index (χ2n) is 3.72. The molecule has 2 heterocycles. The van der Waals surface area contributed by atoms with E-state index in [0.29, 0.717) is 12.1 Å². The molecule has 0 saturated carbocycles. The second-order valence-corrected chi connectivity index (χ2v) is 3.72. The summed E-state index contributed by atoms with van der Waals surface area (Å²) in [5.41, 5.74) is 1.56. The molecule has 0 atom stereocenters. The molecule has 4 heteroatoms. The predicted octanol–water partition coefficient (Wildman–Crippen LogP) is 1.90. The van der Waals surface area contributed by atoms with E-state index in [2.05, 4.69) is 10.1 Å². The van der Waals surface area contributed by atoms with Crippen molar-refractivity contribution in [3.05, 3.63) is 40.8 Å². The number of aromatic nitrogens is 3. The first kappa shape index (κ1) is 9.15. The van der Waals surface area contributed by atoms with Crippen LogP contribution in [0.1, 0.15) is 6.92 Å². The van der Waals surface area contributed by atoms with Crippen LogP contribution in [-0.4, -0.2) is 14.8 Å². The highest BCUT2D eigenvalue weighted by Gasteiger charge is 2.08. The minimum atomic E-state index is -0.0591. The fourth-order valence-corrected chi connectivity index (χ4v) is 2.00. The molecular weight excluding hydrogens is 202 g/mol. The maximum Gasteiger partial charge on any atom is 0.291 e. The van der Waals surface area contributed by atoms with Crippen LogP contribution in [0.25, 0.3) is 21.8 Å². The number of para-hydroxylation sites is 1. The van der Waals surface area contributed by atoms with E-state index in [4.69, 9.17) is 0 Å². The largest absolute Gasteiger partial charge is 0.350 e. The van der Waals surface area contributed by atoms with Crippen LogP contribution in [-0.2, 0) is 6.54 Å². The maximum atomic E-state index is 12.0. The van der Waals surface area contributed by atoms with Crippen molar-refractivity contribution in [1.82, 2.24) is 14.8 Å². The SMILES string of the molecule is CCn1ncc2c([nH]c3ccccc32)c1=O. The highest BCUT2D eigenvalue weighted by molar-refractivity contribution is 6.06. The Hall–Kier alpha value is -2.10. The highest BCUT2D eigenvalue weighted by atomic mass is 16.1. The molecule has 0 amide bonds. The van der Waals surface area contributed by atoms with E-state index in [9.17, 15) is 4.79 Å². The minimum Gasteiger partial charge on any atom is -0.350 e.